The summed E-state index contributed by atoms with van der Waals surface area (Å²) in [5.41, 5.74) is 1.21. The molecule has 11 heteroatoms. The van der Waals surface area contributed by atoms with Crippen LogP contribution in [-0.2, 0) is 27.3 Å². The molecule has 1 aliphatic heterocycles. The van der Waals surface area contributed by atoms with Crippen molar-refractivity contribution in [1.82, 2.24) is 19.8 Å². The van der Waals surface area contributed by atoms with Crippen molar-refractivity contribution in [1.29, 1.82) is 0 Å². The van der Waals surface area contributed by atoms with E-state index in [9.17, 15) is 14.0 Å². The second kappa shape index (κ2) is 11.1. The number of nitrogens with zero attached hydrogens (tertiary/aromatic N) is 4. The minimum absolute atomic E-state index is 0.0286. The zero-order chi connectivity index (χ0) is 26.7. The van der Waals surface area contributed by atoms with Crippen LogP contribution in [0.3, 0.4) is 0 Å². The third-order valence-corrected chi connectivity index (χ3v) is 7.04. The zero-order valence-electron chi connectivity index (χ0n) is 21.2. The highest BCUT2D eigenvalue weighted by atomic mass is 35.5. The number of hydrogen-bond donors (Lipinski definition) is 1. The molecule has 3 aromatic rings. The van der Waals surface area contributed by atoms with E-state index in [1.807, 2.05) is 20.8 Å². The zero-order valence-corrected chi connectivity index (χ0v) is 22.7. The Bertz CT molecular complexity index is 1350. The van der Waals surface area contributed by atoms with E-state index in [0.29, 0.717) is 37.6 Å². The number of thiophene rings is 1. The molecule has 1 aliphatic rings. The quantitative estimate of drug-likeness (QED) is 0.332. The third-order valence-electron chi connectivity index (χ3n) is 5.63. The fourth-order valence-electron chi connectivity index (χ4n) is 4.02. The van der Waals surface area contributed by atoms with Crippen LogP contribution in [0, 0.1) is 5.82 Å². The van der Waals surface area contributed by atoms with E-state index in [4.69, 9.17) is 16.3 Å². The number of aromatic nitrogens is 2. The summed E-state index contributed by atoms with van der Waals surface area (Å²) >= 11 is 7.46. The standard InChI is InChI=1S/C26H29ClFN5O3S/c1-26(2,3)36-22(35)14-32(4)10-5-6-21(34)33-11-9-17-20(13-33)37-25-23(17)24(29-15-30-25)31-16-7-8-19(28)18(27)12-16/h5-8,12,15H,9-11,13-14H2,1-4H3,(H,29,30,31). The van der Waals surface area contributed by atoms with Gasteiger partial charge in [0.05, 0.1) is 23.5 Å². The molecule has 196 valence electrons. The molecule has 37 heavy (non-hydrogen) atoms. The molecular formula is C26H29ClFN5O3S. The number of ether oxygens (including phenoxy) is 1. The van der Waals surface area contributed by atoms with Gasteiger partial charge in [-0.3, -0.25) is 14.5 Å². The summed E-state index contributed by atoms with van der Waals surface area (Å²) in [6.07, 6.45) is 5.46. The number of rotatable bonds is 7. The van der Waals surface area contributed by atoms with Crippen LogP contribution in [0.2, 0.25) is 5.02 Å². The summed E-state index contributed by atoms with van der Waals surface area (Å²) in [5.74, 6) is -0.249. The van der Waals surface area contributed by atoms with Crippen LogP contribution < -0.4 is 5.32 Å². The summed E-state index contributed by atoms with van der Waals surface area (Å²) in [4.78, 5) is 39.1. The highest BCUT2D eigenvalue weighted by Gasteiger charge is 2.25. The minimum atomic E-state index is -0.527. The molecule has 0 fully saturated rings. The van der Waals surface area contributed by atoms with Crippen molar-refractivity contribution in [3.63, 3.8) is 0 Å². The van der Waals surface area contributed by atoms with E-state index in [1.165, 1.54) is 29.8 Å². The SMILES string of the molecule is CN(CC=CC(=O)N1CCc2c(sc3ncnc(Nc4ccc(F)c(Cl)c4)c23)C1)CC(=O)OC(C)(C)C. The summed E-state index contributed by atoms with van der Waals surface area (Å²) in [7, 11) is 1.80. The highest BCUT2D eigenvalue weighted by molar-refractivity contribution is 7.19. The monoisotopic (exact) mass is 545 g/mol. The van der Waals surface area contributed by atoms with Crippen LogP contribution >= 0.6 is 22.9 Å². The maximum atomic E-state index is 13.5. The Morgan fingerprint density at radius 1 is 1.32 bits per heavy atom. The molecule has 1 N–H and O–H groups in total. The maximum absolute atomic E-state index is 13.5. The Balaban J connectivity index is 1.40. The highest BCUT2D eigenvalue weighted by Crippen LogP contribution is 2.38. The van der Waals surface area contributed by atoms with Gasteiger partial charge < -0.3 is 15.0 Å². The van der Waals surface area contributed by atoms with E-state index in [1.54, 1.807) is 35.1 Å². The Morgan fingerprint density at radius 2 is 2.11 bits per heavy atom. The number of likely N-dealkylation sites (N-methyl/N-ethyl adjacent to an activating group) is 1. The second-order valence-electron chi connectivity index (χ2n) is 9.86. The van der Waals surface area contributed by atoms with Crippen molar-refractivity contribution in [2.24, 2.45) is 0 Å². The van der Waals surface area contributed by atoms with Gasteiger partial charge in [0.1, 0.15) is 28.4 Å². The van der Waals surface area contributed by atoms with Gasteiger partial charge in [0.15, 0.2) is 0 Å². The number of anilines is 2. The van der Waals surface area contributed by atoms with Crippen LogP contribution in [0.25, 0.3) is 10.2 Å². The molecular weight excluding hydrogens is 517 g/mol. The van der Waals surface area contributed by atoms with E-state index >= 15 is 0 Å². The number of esters is 1. The van der Waals surface area contributed by atoms with Gasteiger partial charge in [-0.1, -0.05) is 17.7 Å². The number of carbonyl (C=O) groups is 2. The molecule has 0 saturated heterocycles. The van der Waals surface area contributed by atoms with Gasteiger partial charge in [0, 0.05) is 29.7 Å². The molecule has 0 atom stereocenters. The third kappa shape index (κ3) is 6.82. The van der Waals surface area contributed by atoms with Crippen molar-refractivity contribution in [3.05, 3.63) is 58.0 Å². The molecule has 0 unspecified atom stereocenters. The number of fused-ring (bicyclic) bond motifs is 3. The van der Waals surface area contributed by atoms with Gasteiger partial charge in [0.25, 0.3) is 0 Å². The summed E-state index contributed by atoms with van der Waals surface area (Å²) in [5, 5.41) is 4.16. The molecule has 0 saturated carbocycles. The number of carbonyl (C=O) groups excluding carboxylic acids is 2. The fourth-order valence-corrected chi connectivity index (χ4v) is 5.40. The van der Waals surface area contributed by atoms with Gasteiger partial charge in [-0.05, 0) is 58.0 Å². The first-order valence-electron chi connectivity index (χ1n) is 11.8. The predicted octanol–water partition coefficient (Wildman–Crippen LogP) is 4.94. The van der Waals surface area contributed by atoms with Crippen LogP contribution in [0.5, 0.6) is 0 Å². The first-order valence-corrected chi connectivity index (χ1v) is 13.0. The van der Waals surface area contributed by atoms with Crippen molar-refractivity contribution >= 4 is 56.5 Å². The van der Waals surface area contributed by atoms with Crippen LogP contribution in [0.15, 0.2) is 36.7 Å². The largest absolute Gasteiger partial charge is 0.459 e. The molecule has 0 bridgehead atoms. The average Bonchev–Trinajstić information content (AvgIpc) is 3.18. The van der Waals surface area contributed by atoms with Gasteiger partial charge in [-0.15, -0.1) is 11.3 Å². The molecule has 0 aliphatic carbocycles. The lowest BCUT2D eigenvalue weighted by atomic mass is 10.0. The van der Waals surface area contributed by atoms with Crippen molar-refractivity contribution < 1.29 is 18.7 Å². The normalized spacial score (nSPS) is 13.9. The Kier molecular flexibility index (Phi) is 8.11. The number of halogens is 2. The smallest absolute Gasteiger partial charge is 0.320 e. The lowest BCUT2D eigenvalue weighted by Gasteiger charge is -2.26. The first kappa shape index (κ1) is 27.0. The van der Waals surface area contributed by atoms with Crippen molar-refractivity contribution in [3.8, 4) is 0 Å². The molecule has 1 amide bonds. The van der Waals surface area contributed by atoms with E-state index in [-0.39, 0.29) is 23.4 Å². The summed E-state index contributed by atoms with van der Waals surface area (Å²) < 4.78 is 18.9. The van der Waals surface area contributed by atoms with Gasteiger partial charge >= 0.3 is 5.97 Å². The molecule has 3 heterocycles. The van der Waals surface area contributed by atoms with Crippen molar-refractivity contribution in [2.75, 3.05) is 32.0 Å². The van der Waals surface area contributed by atoms with E-state index < -0.39 is 11.4 Å². The van der Waals surface area contributed by atoms with Gasteiger partial charge in [0.2, 0.25) is 5.91 Å². The van der Waals surface area contributed by atoms with Gasteiger partial charge in [-0.25, -0.2) is 14.4 Å². The molecule has 0 radical (unpaired) electrons. The molecule has 8 nitrogen and oxygen atoms in total. The average molecular weight is 546 g/mol. The molecule has 4 rings (SSSR count). The minimum Gasteiger partial charge on any atom is -0.459 e. The topological polar surface area (TPSA) is 87.7 Å². The lowest BCUT2D eigenvalue weighted by molar-refractivity contribution is -0.155. The Morgan fingerprint density at radius 3 is 2.84 bits per heavy atom. The summed E-state index contributed by atoms with van der Waals surface area (Å²) in [6, 6.07) is 4.42. The number of amides is 1. The van der Waals surface area contributed by atoms with Crippen LogP contribution in [0.1, 0.15) is 31.2 Å². The Hall–Kier alpha value is -3.08. The van der Waals surface area contributed by atoms with E-state index in [0.717, 1.165) is 20.7 Å². The number of benzene rings is 1. The molecule has 1 aromatic carbocycles. The maximum Gasteiger partial charge on any atom is 0.320 e. The van der Waals surface area contributed by atoms with Crippen LogP contribution in [0.4, 0.5) is 15.9 Å². The van der Waals surface area contributed by atoms with Gasteiger partial charge in [-0.2, -0.15) is 0 Å². The van der Waals surface area contributed by atoms with E-state index in [2.05, 4.69) is 15.3 Å². The molecule has 2 aromatic heterocycles. The number of hydrogen-bond acceptors (Lipinski definition) is 8. The predicted molar refractivity (Wildman–Crippen MR) is 144 cm³/mol. The Labute approximate surface area is 224 Å². The first-order chi connectivity index (χ1) is 17.5. The van der Waals surface area contributed by atoms with Crippen molar-refractivity contribution in [2.45, 2.75) is 39.3 Å². The molecule has 0 spiro atoms. The fraction of sp³-hybridized carbons (Fsp3) is 0.385. The van der Waals surface area contributed by atoms with Crippen LogP contribution in [-0.4, -0.2) is 63.9 Å². The lowest BCUT2D eigenvalue weighted by Crippen LogP contribution is -2.34. The number of nitrogens with one attached hydrogen (secondary N) is 1. The second-order valence-corrected chi connectivity index (χ2v) is 11.3. The summed E-state index contributed by atoms with van der Waals surface area (Å²) in [6.45, 7) is 7.12.